The number of nitrogens with two attached hydrogens (primary N) is 1. The first kappa shape index (κ1) is 16.5. The number of likely N-dealkylation sites (N-methyl/N-ethyl adjacent to an activating group) is 1. The van der Waals surface area contributed by atoms with E-state index in [0.29, 0.717) is 32.7 Å². The van der Waals surface area contributed by atoms with Crippen LogP contribution < -0.4 is 5.73 Å². The summed E-state index contributed by atoms with van der Waals surface area (Å²) in [7, 11) is 0. The second-order valence-corrected chi connectivity index (χ2v) is 4.59. The third kappa shape index (κ3) is 5.19. The van der Waals surface area contributed by atoms with Crippen LogP contribution in [0.25, 0.3) is 0 Å². The van der Waals surface area contributed by atoms with Crippen LogP contribution >= 0.6 is 0 Å². The Balaban J connectivity index is 2.53. The third-order valence-electron chi connectivity index (χ3n) is 3.11. The number of phenolic OH excluding ortho intramolecular Hbond substituents is 1. The molecule has 112 valence electrons. The van der Waals surface area contributed by atoms with Gasteiger partial charge in [0.15, 0.2) is 0 Å². The number of carbonyl (C=O) groups is 1. The van der Waals surface area contributed by atoms with Crippen molar-refractivity contribution < 1.29 is 14.6 Å². The number of amides is 1. The van der Waals surface area contributed by atoms with Crippen molar-refractivity contribution in [1.82, 2.24) is 4.90 Å². The van der Waals surface area contributed by atoms with Crippen LogP contribution in [0.2, 0.25) is 0 Å². The molecule has 1 aromatic carbocycles. The van der Waals surface area contributed by atoms with E-state index in [0.717, 1.165) is 5.56 Å². The molecule has 0 bridgehead atoms. The zero-order valence-corrected chi connectivity index (χ0v) is 12.2. The summed E-state index contributed by atoms with van der Waals surface area (Å²) in [5, 5.41) is 9.23. The smallest absolute Gasteiger partial charge is 0.239 e. The van der Waals surface area contributed by atoms with Gasteiger partial charge in [-0.25, -0.2) is 0 Å². The van der Waals surface area contributed by atoms with Crippen LogP contribution in [0.5, 0.6) is 5.75 Å². The van der Waals surface area contributed by atoms with Gasteiger partial charge in [-0.3, -0.25) is 4.79 Å². The van der Waals surface area contributed by atoms with Gasteiger partial charge in [-0.05, 0) is 38.0 Å². The molecule has 1 unspecified atom stereocenters. The quantitative estimate of drug-likeness (QED) is 0.700. The number of nitrogens with zero attached hydrogens (tertiary/aromatic N) is 1. The number of aromatic hydroxyl groups is 1. The Kier molecular flexibility index (Phi) is 7.04. The largest absolute Gasteiger partial charge is 0.508 e. The van der Waals surface area contributed by atoms with Crippen LogP contribution in [0.3, 0.4) is 0 Å². The molecule has 0 spiro atoms. The molecule has 1 rings (SSSR count). The molecule has 5 nitrogen and oxygen atoms in total. The van der Waals surface area contributed by atoms with E-state index in [-0.39, 0.29) is 11.7 Å². The molecule has 1 aromatic rings. The van der Waals surface area contributed by atoms with E-state index in [4.69, 9.17) is 10.5 Å². The van der Waals surface area contributed by atoms with E-state index in [9.17, 15) is 9.90 Å². The SMILES string of the molecule is CCOCCN(CC)C(=O)C(N)Cc1ccc(O)cc1. The fourth-order valence-corrected chi connectivity index (χ4v) is 1.95. The third-order valence-corrected chi connectivity index (χ3v) is 3.11. The van der Waals surface area contributed by atoms with Gasteiger partial charge in [0.25, 0.3) is 0 Å². The number of benzene rings is 1. The van der Waals surface area contributed by atoms with Gasteiger partial charge in [0, 0.05) is 19.7 Å². The molecule has 0 fully saturated rings. The van der Waals surface area contributed by atoms with Gasteiger partial charge in [-0.2, -0.15) is 0 Å². The first-order valence-corrected chi connectivity index (χ1v) is 6.98. The maximum absolute atomic E-state index is 12.2. The first-order valence-electron chi connectivity index (χ1n) is 6.98. The molecule has 3 N–H and O–H groups in total. The second kappa shape index (κ2) is 8.55. The van der Waals surface area contributed by atoms with E-state index < -0.39 is 6.04 Å². The summed E-state index contributed by atoms with van der Waals surface area (Å²) in [6.45, 7) is 6.21. The fraction of sp³-hybridized carbons (Fsp3) is 0.533. The predicted molar refractivity (Wildman–Crippen MR) is 78.5 cm³/mol. The van der Waals surface area contributed by atoms with Crippen molar-refractivity contribution in [3.05, 3.63) is 29.8 Å². The van der Waals surface area contributed by atoms with Crippen LogP contribution in [-0.2, 0) is 16.0 Å². The fourth-order valence-electron chi connectivity index (χ4n) is 1.95. The zero-order chi connectivity index (χ0) is 15.0. The average Bonchev–Trinajstić information content (AvgIpc) is 2.45. The molecule has 5 heteroatoms. The standard InChI is InChI=1S/C15H24N2O3/c1-3-17(9-10-20-4-2)15(19)14(16)11-12-5-7-13(18)8-6-12/h5-8,14,18H,3-4,9-11,16H2,1-2H3. The van der Waals surface area contributed by atoms with Crippen molar-refractivity contribution in [2.45, 2.75) is 26.3 Å². The maximum Gasteiger partial charge on any atom is 0.239 e. The van der Waals surface area contributed by atoms with Crippen LogP contribution in [0.4, 0.5) is 0 Å². The Morgan fingerprint density at radius 3 is 2.55 bits per heavy atom. The van der Waals surface area contributed by atoms with Crippen molar-refractivity contribution in [1.29, 1.82) is 0 Å². The Morgan fingerprint density at radius 1 is 1.35 bits per heavy atom. The van der Waals surface area contributed by atoms with Crippen LogP contribution in [0, 0.1) is 0 Å². The molecule has 1 amide bonds. The number of ether oxygens (including phenoxy) is 1. The molecular formula is C15H24N2O3. The molecule has 0 saturated heterocycles. The summed E-state index contributed by atoms with van der Waals surface area (Å²) in [6.07, 6.45) is 0.463. The highest BCUT2D eigenvalue weighted by molar-refractivity contribution is 5.82. The monoisotopic (exact) mass is 280 g/mol. The van der Waals surface area contributed by atoms with Crippen LogP contribution in [0.1, 0.15) is 19.4 Å². The molecule has 0 saturated carbocycles. The highest BCUT2D eigenvalue weighted by Crippen LogP contribution is 2.11. The topological polar surface area (TPSA) is 75.8 Å². The highest BCUT2D eigenvalue weighted by atomic mass is 16.5. The Morgan fingerprint density at radius 2 is 2.00 bits per heavy atom. The van der Waals surface area contributed by atoms with E-state index >= 15 is 0 Å². The maximum atomic E-state index is 12.2. The van der Waals surface area contributed by atoms with Crippen LogP contribution in [-0.4, -0.2) is 48.3 Å². The molecular weight excluding hydrogens is 256 g/mol. The molecule has 0 aliphatic rings. The van der Waals surface area contributed by atoms with Crippen LogP contribution in [0.15, 0.2) is 24.3 Å². The second-order valence-electron chi connectivity index (χ2n) is 4.59. The zero-order valence-electron chi connectivity index (χ0n) is 12.2. The van der Waals surface area contributed by atoms with E-state index in [2.05, 4.69) is 0 Å². The van der Waals surface area contributed by atoms with Gasteiger partial charge < -0.3 is 20.5 Å². The summed E-state index contributed by atoms with van der Waals surface area (Å²) < 4.78 is 5.26. The molecule has 0 aromatic heterocycles. The molecule has 0 radical (unpaired) electrons. The van der Waals surface area contributed by atoms with Crippen molar-refractivity contribution in [2.75, 3.05) is 26.3 Å². The summed E-state index contributed by atoms with van der Waals surface area (Å²) in [4.78, 5) is 13.9. The number of carbonyl (C=O) groups excluding carboxylic acids is 1. The Hall–Kier alpha value is -1.59. The minimum absolute atomic E-state index is 0.0692. The predicted octanol–water partition coefficient (Wildman–Crippen LogP) is 1.15. The lowest BCUT2D eigenvalue weighted by atomic mass is 10.1. The molecule has 0 aliphatic carbocycles. The van der Waals surface area contributed by atoms with Gasteiger partial charge >= 0.3 is 0 Å². The van der Waals surface area contributed by atoms with Gasteiger partial charge in [0.05, 0.1) is 12.6 Å². The lowest BCUT2D eigenvalue weighted by molar-refractivity contribution is -0.133. The number of hydrogen-bond acceptors (Lipinski definition) is 4. The number of hydrogen-bond donors (Lipinski definition) is 2. The lowest BCUT2D eigenvalue weighted by Crippen LogP contribution is -2.46. The van der Waals surface area contributed by atoms with Gasteiger partial charge in [-0.1, -0.05) is 12.1 Å². The van der Waals surface area contributed by atoms with Gasteiger partial charge in [0.1, 0.15) is 5.75 Å². The van der Waals surface area contributed by atoms with E-state index in [1.165, 1.54) is 0 Å². The average molecular weight is 280 g/mol. The summed E-state index contributed by atoms with van der Waals surface area (Å²) >= 11 is 0. The van der Waals surface area contributed by atoms with Gasteiger partial charge in [0.2, 0.25) is 5.91 Å². The molecule has 1 atom stereocenters. The molecule has 20 heavy (non-hydrogen) atoms. The lowest BCUT2D eigenvalue weighted by Gasteiger charge is -2.24. The van der Waals surface area contributed by atoms with E-state index in [1.807, 2.05) is 13.8 Å². The summed E-state index contributed by atoms with van der Waals surface area (Å²) in [5.41, 5.74) is 6.91. The number of rotatable bonds is 8. The van der Waals surface area contributed by atoms with Gasteiger partial charge in [-0.15, -0.1) is 0 Å². The summed E-state index contributed by atoms with van der Waals surface area (Å²) in [5.74, 6) is 0.140. The minimum atomic E-state index is -0.568. The summed E-state index contributed by atoms with van der Waals surface area (Å²) in [6, 6.07) is 6.18. The van der Waals surface area contributed by atoms with Crippen molar-refractivity contribution >= 4 is 5.91 Å². The molecule has 0 aliphatic heterocycles. The Bertz CT molecular complexity index is 406. The van der Waals surface area contributed by atoms with Crippen molar-refractivity contribution in [3.8, 4) is 5.75 Å². The number of phenols is 1. The minimum Gasteiger partial charge on any atom is -0.508 e. The molecule has 0 heterocycles. The Labute approximate surface area is 120 Å². The first-order chi connectivity index (χ1) is 9.58. The normalized spacial score (nSPS) is 12.2. The van der Waals surface area contributed by atoms with E-state index in [1.54, 1.807) is 29.2 Å². The van der Waals surface area contributed by atoms with Crippen molar-refractivity contribution in [2.24, 2.45) is 5.73 Å². The van der Waals surface area contributed by atoms with Crippen molar-refractivity contribution in [3.63, 3.8) is 0 Å². The highest BCUT2D eigenvalue weighted by Gasteiger charge is 2.19.